The zero-order chi connectivity index (χ0) is 21.6. The quantitative estimate of drug-likeness (QED) is 0.423. The van der Waals surface area contributed by atoms with E-state index in [4.69, 9.17) is 21.3 Å². The maximum Gasteiger partial charge on any atom is 0.251 e. The molecule has 0 fully saturated rings. The number of carbonyl (C=O) groups is 1. The lowest BCUT2D eigenvalue weighted by atomic mass is 10.1. The molecule has 0 saturated carbocycles. The molecular formula is C25H24ClN3O2. The molecule has 1 amide bonds. The summed E-state index contributed by atoms with van der Waals surface area (Å²) in [4.78, 5) is 17.2. The van der Waals surface area contributed by atoms with E-state index in [1.807, 2.05) is 73.7 Å². The van der Waals surface area contributed by atoms with Crippen molar-refractivity contribution in [2.24, 2.45) is 0 Å². The first-order chi connectivity index (χ1) is 15.1. The maximum absolute atomic E-state index is 12.4. The fourth-order valence-electron chi connectivity index (χ4n) is 3.45. The molecule has 3 aromatic carbocycles. The number of nitrogens with one attached hydrogen (secondary N) is 1. The van der Waals surface area contributed by atoms with Crippen LogP contribution in [0.15, 0.2) is 72.8 Å². The van der Waals surface area contributed by atoms with Gasteiger partial charge in [-0.05, 0) is 55.5 Å². The Kier molecular flexibility index (Phi) is 6.53. The minimum Gasteiger partial charge on any atom is -0.492 e. The number of halogens is 1. The van der Waals surface area contributed by atoms with Crippen LogP contribution in [-0.2, 0) is 13.0 Å². The number of imidazole rings is 1. The molecule has 4 aromatic rings. The predicted molar refractivity (Wildman–Crippen MR) is 124 cm³/mol. The standard InChI is InChI=1S/C25H24ClN3O2/c1-18-6-8-19(9-7-18)25(30)27-15-14-24-28-22-4-2-3-5-23(22)29(24)16-17-31-21-12-10-20(26)11-13-21/h2-13H,14-17H2,1H3,(H,27,30). The molecule has 5 nitrogen and oxygen atoms in total. The van der Waals surface area contributed by atoms with Crippen LogP contribution in [0.3, 0.4) is 0 Å². The number of ether oxygens (including phenoxy) is 1. The molecule has 0 saturated heterocycles. The summed E-state index contributed by atoms with van der Waals surface area (Å²) < 4.78 is 8.03. The van der Waals surface area contributed by atoms with Crippen LogP contribution in [0.4, 0.5) is 0 Å². The number of para-hydroxylation sites is 2. The summed E-state index contributed by atoms with van der Waals surface area (Å²) in [6.45, 7) is 3.67. The third-order valence-corrected chi connectivity index (χ3v) is 5.33. The van der Waals surface area contributed by atoms with Crippen LogP contribution in [0.1, 0.15) is 21.7 Å². The highest BCUT2D eigenvalue weighted by Crippen LogP contribution is 2.18. The van der Waals surface area contributed by atoms with E-state index >= 15 is 0 Å². The summed E-state index contributed by atoms with van der Waals surface area (Å²) in [6, 6.07) is 22.9. The number of aryl methyl sites for hydroxylation is 1. The first-order valence-electron chi connectivity index (χ1n) is 10.3. The highest BCUT2D eigenvalue weighted by atomic mass is 35.5. The summed E-state index contributed by atoms with van der Waals surface area (Å²) in [5.41, 5.74) is 3.79. The van der Waals surface area contributed by atoms with Crippen LogP contribution in [-0.4, -0.2) is 28.6 Å². The smallest absolute Gasteiger partial charge is 0.251 e. The van der Waals surface area contributed by atoms with E-state index < -0.39 is 0 Å². The van der Waals surface area contributed by atoms with E-state index in [0.29, 0.717) is 36.7 Å². The van der Waals surface area contributed by atoms with Gasteiger partial charge in [0.2, 0.25) is 0 Å². The number of fused-ring (bicyclic) bond motifs is 1. The molecule has 1 heterocycles. The molecule has 0 bridgehead atoms. The van der Waals surface area contributed by atoms with Crippen LogP contribution < -0.4 is 10.1 Å². The van der Waals surface area contributed by atoms with Crippen molar-refractivity contribution in [1.29, 1.82) is 0 Å². The lowest BCUT2D eigenvalue weighted by Gasteiger charge is -2.11. The normalized spacial score (nSPS) is 10.9. The van der Waals surface area contributed by atoms with Gasteiger partial charge in [0.1, 0.15) is 18.2 Å². The highest BCUT2D eigenvalue weighted by Gasteiger charge is 2.11. The average Bonchev–Trinajstić information content (AvgIpc) is 3.13. The van der Waals surface area contributed by atoms with Crippen molar-refractivity contribution in [2.45, 2.75) is 19.9 Å². The van der Waals surface area contributed by atoms with Crippen molar-refractivity contribution in [3.05, 3.63) is 94.8 Å². The zero-order valence-electron chi connectivity index (χ0n) is 17.3. The van der Waals surface area contributed by atoms with Gasteiger partial charge in [0.25, 0.3) is 5.91 Å². The largest absolute Gasteiger partial charge is 0.492 e. The third kappa shape index (κ3) is 5.25. The number of aromatic nitrogens is 2. The predicted octanol–water partition coefficient (Wildman–Crippen LogP) is 5.05. The number of carbonyl (C=O) groups excluding carboxylic acids is 1. The Balaban J connectivity index is 1.41. The molecule has 0 spiro atoms. The van der Waals surface area contributed by atoms with Crippen molar-refractivity contribution in [3.63, 3.8) is 0 Å². The number of hydrogen-bond acceptors (Lipinski definition) is 3. The number of rotatable bonds is 8. The SMILES string of the molecule is Cc1ccc(C(=O)NCCc2nc3ccccc3n2CCOc2ccc(Cl)cc2)cc1. The third-order valence-electron chi connectivity index (χ3n) is 5.08. The molecule has 0 unspecified atom stereocenters. The minimum absolute atomic E-state index is 0.0752. The van der Waals surface area contributed by atoms with Crippen LogP contribution in [0.5, 0.6) is 5.75 Å². The van der Waals surface area contributed by atoms with Crippen molar-refractivity contribution in [3.8, 4) is 5.75 Å². The first-order valence-corrected chi connectivity index (χ1v) is 10.7. The maximum atomic E-state index is 12.4. The van der Waals surface area contributed by atoms with Gasteiger partial charge in [-0.1, -0.05) is 41.4 Å². The van der Waals surface area contributed by atoms with E-state index in [1.165, 1.54) is 0 Å². The molecule has 31 heavy (non-hydrogen) atoms. The highest BCUT2D eigenvalue weighted by molar-refractivity contribution is 6.30. The van der Waals surface area contributed by atoms with Crippen LogP contribution in [0.25, 0.3) is 11.0 Å². The Labute approximate surface area is 186 Å². The summed E-state index contributed by atoms with van der Waals surface area (Å²) in [6.07, 6.45) is 0.632. The summed E-state index contributed by atoms with van der Waals surface area (Å²) in [7, 11) is 0. The molecule has 0 aliphatic heterocycles. The summed E-state index contributed by atoms with van der Waals surface area (Å²) >= 11 is 5.93. The molecular weight excluding hydrogens is 410 g/mol. The molecule has 1 aromatic heterocycles. The Morgan fingerprint density at radius 1 is 1.03 bits per heavy atom. The molecule has 158 valence electrons. The Morgan fingerprint density at radius 2 is 1.77 bits per heavy atom. The molecule has 4 rings (SSSR count). The average molecular weight is 434 g/mol. The molecule has 0 aliphatic rings. The number of hydrogen-bond donors (Lipinski definition) is 1. The Bertz CT molecular complexity index is 1170. The second-order valence-corrected chi connectivity index (χ2v) is 7.78. The van der Waals surface area contributed by atoms with Gasteiger partial charge in [-0.15, -0.1) is 0 Å². The van der Waals surface area contributed by atoms with Crippen molar-refractivity contribution >= 4 is 28.5 Å². The van der Waals surface area contributed by atoms with Gasteiger partial charge in [-0.25, -0.2) is 4.98 Å². The van der Waals surface area contributed by atoms with E-state index in [-0.39, 0.29) is 5.91 Å². The minimum atomic E-state index is -0.0752. The number of nitrogens with zero attached hydrogens (tertiary/aromatic N) is 2. The molecule has 0 radical (unpaired) electrons. The van der Waals surface area contributed by atoms with E-state index in [2.05, 4.69) is 16.0 Å². The van der Waals surface area contributed by atoms with Gasteiger partial charge < -0.3 is 14.6 Å². The molecule has 0 atom stereocenters. The fraction of sp³-hybridized carbons (Fsp3) is 0.200. The topological polar surface area (TPSA) is 56.2 Å². The molecule has 1 N–H and O–H groups in total. The number of benzene rings is 3. The van der Waals surface area contributed by atoms with Crippen molar-refractivity contribution in [2.75, 3.05) is 13.2 Å². The van der Waals surface area contributed by atoms with Gasteiger partial charge in [0.15, 0.2) is 0 Å². The van der Waals surface area contributed by atoms with Gasteiger partial charge >= 0.3 is 0 Å². The van der Waals surface area contributed by atoms with Gasteiger partial charge in [-0.3, -0.25) is 4.79 Å². The van der Waals surface area contributed by atoms with Crippen LogP contribution >= 0.6 is 11.6 Å². The first kappa shape index (κ1) is 20.9. The van der Waals surface area contributed by atoms with E-state index in [1.54, 1.807) is 0 Å². The van der Waals surface area contributed by atoms with Crippen LogP contribution in [0, 0.1) is 6.92 Å². The summed E-state index contributed by atoms with van der Waals surface area (Å²) in [5.74, 6) is 1.62. The van der Waals surface area contributed by atoms with Gasteiger partial charge in [0.05, 0.1) is 17.6 Å². The Hall–Kier alpha value is -3.31. The van der Waals surface area contributed by atoms with Gasteiger partial charge in [-0.2, -0.15) is 0 Å². The van der Waals surface area contributed by atoms with Gasteiger partial charge in [0, 0.05) is 23.6 Å². The molecule has 6 heteroatoms. The van der Waals surface area contributed by atoms with E-state index in [9.17, 15) is 4.79 Å². The van der Waals surface area contributed by atoms with Crippen LogP contribution in [0.2, 0.25) is 5.02 Å². The van der Waals surface area contributed by atoms with Crippen molar-refractivity contribution in [1.82, 2.24) is 14.9 Å². The monoisotopic (exact) mass is 433 g/mol. The second-order valence-electron chi connectivity index (χ2n) is 7.34. The molecule has 0 aliphatic carbocycles. The Morgan fingerprint density at radius 3 is 2.55 bits per heavy atom. The lowest BCUT2D eigenvalue weighted by Crippen LogP contribution is -2.26. The summed E-state index contributed by atoms with van der Waals surface area (Å²) in [5, 5.41) is 3.67. The lowest BCUT2D eigenvalue weighted by molar-refractivity contribution is 0.0954. The van der Waals surface area contributed by atoms with Crippen molar-refractivity contribution < 1.29 is 9.53 Å². The second kappa shape index (κ2) is 9.67. The van der Waals surface area contributed by atoms with E-state index in [0.717, 1.165) is 28.2 Å². The zero-order valence-corrected chi connectivity index (χ0v) is 18.1. The number of amides is 1. The fourth-order valence-corrected chi connectivity index (χ4v) is 3.57.